The van der Waals surface area contributed by atoms with Crippen molar-refractivity contribution in [1.29, 1.82) is 0 Å². The van der Waals surface area contributed by atoms with Gasteiger partial charge in [-0.15, -0.1) is 0 Å². The van der Waals surface area contributed by atoms with Gasteiger partial charge < -0.3 is 14.7 Å². The van der Waals surface area contributed by atoms with E-state index in [0.29, 0.717) is 11.4 Å². The minimum atomic E-state index is -1.28. The number of hydrogen-bond acceptors (Lipinski definition) is 4. The Morgan fingerprint density at radius 1 is 1.42 bits per heavy atom. The normalized spacial score (nSPS) is 11.8. The monoisotopic (exact) mass is 266 g/mol. The van der Waals surface area contributed by atoms with Gasteiger partial charge in [0.05, 0.1) is 12.8 Å². The fraction of sp³-hybridized carbons (Fsp3) is 0.385. The highest BCUT2D eigenvalue weighted by Gasteiger charge is 2.29. The molecule has 0 aromatic heterocycles. The van der Waals surface area contributed by atoms with Gasteiger partial charge in [0, 0.05) is 7.05 Å². The lowest BCUT2D eigenvalue weighted by Gasteiger charge is -2.23. The maximum Gasteiger partial charge on any atom is 0.330 e. The third kappa shape index (κ3) is 3.23. The van der Waals surface area contributed by atoms with E-state index in [1.165, 1.54) is 26.1 Å². The maximum absolute atomic E-state index is 12.1. The molecule has 1 amide bonds. The van der Waals surface area contributed by atoms with Crippen LogP contribution in [0.1, 0.15) is 5.56 Å². The summed E-state index contributed by atoms with van der Waals surface area (Å²) >= 11 is 0. The van der Waals surface area contributed by atoms with E-state index in [2.05, 4.69) is 5.32 Å². The van der Waals surface area contributed by atoms with Crippen LogP contribution in [0.15, 0.2) is 18.2 Å². The minimum absolute atomic E-state index is 0.515. The van der Waals surface area contributed by atoms with Crippen molar-refractivity contribution < 1.29 is 19.4 Å². The van der Waals surface area contributed by atoms with Gasteiger partial charge in [-0.3, -0.25) is 10.1 Å². The molecular formula is C13H18N2O4. The van der Waals surface area contributed by atoms with Crippen LogP contribution in [-0.2, 0) is 9.59 Å². The van der Waals surface area contributed by atoms with Gasteiger partial charge in [0.25, 0.3) is 5.91 Å². The number of anilines is 1. The predicted molar refractivity (Wildman–Crippen MR) is 71.6 cm³/mol. The first kappa shape index (κ1) is 15.0. The van der Waals surface area contributed by atoms with E-state index in [1.54, 1.807) is 12.1 Å². The van der Waals surface area contributed by atoms with Gasteiger partial charge in [-0.25, -0.2) is 4.79 Å². The number of methoxy groups -OCH3 is 1. The molecule has 1 atom stereocenters. The molecule has 0 aliphatic heterocycles. The SMILES string of the molecule is CNC(C(=O)O)C(=O)N(C)c1cc(C)ccc1OC. The zero-order valence-electron chi connectivity index (χ0n) is 11.4. The summed E-state index contributed by atoms with van der Waals surface area (Å²) in [6, 6.07) is 4.08. The smallest absolute Gasteiger partial charge is 0.330 e. The number of carboxylic acid groups (broad SMARTS) is 1. The quantitative estimate of drug-likeness (QED) is 0.765. The Hall–Kier alpha value is -2.08. The summed E-state index contributed by atoms with van der Waals surface area (Å²) in [6.07, 6.45) is 0. The number of carbonyl (C=O) groups is 2. The van der Waals surface area contributed by atoms with Crippen molar-refractivity contribution in [2.75, 3.05) is 26.1 Å². The predicted octanol–water partition coefficient (Wildman–Crippen LogP) is 0.639. The van der Waals surface area contributed by atoms with Crippen LogP contribution in [0.2, 0.25) is 0 Å². The van der Waals surface area contributed by atoms with Crippen molar-refractivity contribution in [1.82, 2.24) is 5.32 Å². The number of nitrogens with zero attached hydrogens (tertiary/aromatic N) is 1. The lowest BCUT2D eigenvalue weighted by molar-refractivity contribution is -0.143. The molecule has 0 saturated carbocycles. The molecular weight excluding hydrogens is 248 g/mol. The fourth-order valence-electron chi connectivity index (χ4n) is 1.73. The van der Waals surface area contributed by atoms with Crippen LogP contribution in [0.4, 0.5) is 5.69 Å². The second kappa shape index (κ2) is 6.19. The van der Waals surface area contributed by atoms with Crippen molar-refractivity contribution in [3.63, 3.8) is 0 Å². The molecule has 0 heterocycles. The third-order valence-corrected chi connectivity index (χ3v) is 2.81. The Kier molecular flexibility index (Phi) is 4.88. The molecule has 0 spiro atoms. The van der Waals surface area contributed by atoms with Gasteiger partial charge >= 0.3 is 5.97 Å². The summed E-state index contributed by atoms with van der Waals surface area (Å²) in [5.74, 6) is -1.26. The van der Waals surface area contributed by atoms with E-state index < -0.39 is 17.9 Å². The van der Waals surface area contributed by atoms with Crippen molar-refractivity contribution >= 4 is 17.6 Å². The molecule has 0 saturated heterocycles. The van der Waals surface area contributed by atoms with Crippen molar-refractivity contribution in [3.05, 3.63) is 23.8 Å². The number of hydrogen-bond donors (Lipinski definition) is 2. The van der Waals surface area contributed by atoms with Gasteiger partial charge in [-0.05, 0) is 31.7 Å². The molecule has 6 nitrogen and oxygen atoms in total. The first-order valence-electron chi connectivity index (χ1n) is 5.74. The van der Waals surface area contributed by atoms with Crippen LogP contribution in [0.5, 0.6) is 5.75 Å². The van der Waals surface area contributed by atoms with Gasteiger partial charge in [-0.2, -0.15) is 0 Å². The molecule has 1 aromatic carbocycles. The molecule has 0 aliphatic carbocycles. The standard InChI is InChI=1S/C13H18N2O4/c1-8-5-6-10(19-4)9(7-8)15(3)12(16)11(14-2)13(17)18/h5-7,11,14H,1-4H3,(H,17,18). The highest BCUT2D eigenvalue weighted by molar-refractivity contribution is 6.09. The van der Waals surface area contributed by atoms with Crippen molar-refractivity contribution in [2.24, 2.45) is 0 Å². The molecule has 104 valence electrons. The van der Waals surface area contributed by atoms with E-state index in [9.17, 15) is 9.59 Å². The van der Waals surface area contributed by atoms with Gasteiger partial charge in [0.2, 0.25) is 0 Å². The second-order valence-electron chi connectivity index (χ2n) is 4.13. The molecule has 0 aliphatic rings. The van der Waals surface area contributed by atoms with Crippen LogP contribution < -0.4 is 15.0 Å². The van der Waals surface area contributed by atoms with E-state index >= 15 is 0 Å². The van der Waals surface area contributed by atoms with E-state index in [4.69, 9.17) is 9.84 Å². The average Bonchev–Trinajstić information content (AvgIpc) is 2.38. The first-order chi connectivity index (χ1) is 8.92. The van der Waals surface area contributed by atoms with Crippen molar-refractivity contribution in [3.8, 4) is 5.75 Å². The number of amides is 1. The molecule has 1 aromatic rings. The number of aliphatic carboxylic acids is 1. The summed E-state index contributed by atoms with van der Waals surface area (Å²) in [7, 11) is 4.45. The van der Waals surface area contributed by atoms with Crippen LogP contribution >= 0.6 is 0 Å². The second-order valence-corrected chi connectivity index (χ2v) is 4.13. The molecule has 0 bridgehead atoms. The largest absolute Gasteiger partial charge is 0.495 e. The minimum Gasteiger partial charge on any atom is -0.495 e. The summed E-state index contributed by atoms with van der Waals surface area (Å²) in [4.78, 5) is 24.4. The zero-order chi connectivity index (χ0) is 14.6. The number of carbonyl (C=O) groups excluding carboxylic acids is 1. The Balaban J connectivity index is 3.12. The highest BCUT2D eigenvalue weighted by Crippen LogP contribution is 2.28. The Morgan fingerprint density at radius 2 is 2.05 bits per heavy atom. The molecule has 1 rings (SSSR count). The maximum atomic E-state index is 12.1. The Morgan fingerprint density at radius 3 is 2.53 bits per heavy atom. The lowest BCUT2D eigenvalue weighted by Crippen LogP contribution is -2.48. The number of ether oxygens (including phenoxy) is 1. The Labute approximate surface area is 112 Å². The van der Waals surface area contributed by atoms with Crippen LogP contribution in [0.25, 0.3) is 0 Å². The van der Waals surface area contributed by atoms with E-state index in [1.807, 2.05) is 13.0 Å². The number of aryl methyl sites for hydroxylation is 1. The molecule has 2 N–H and O–H groups in total. The summed E-state index contributed by atoms with van der Waals surface area (Å²) in [5.41, 5.74) is 1.49. The van der Waals surface area contributed by atoms with E-state index in [0.717, 1.165) is 5.56 Å². The number of nitrogens with one attached hydrogen (secondary N) is 1. The lowest BCUT2D eigenvalue weighted by atomic mass is 10.1. The topological polar surface area (TPSA) is 78.9 Å². The average molecular weight is 266 g/mol. The first-order valence-corrected chi connectivity index (χ1v) is 5.74. The molecule has 19 heavy (non-hydrogen) atoms. The number of rotatable bonds is 5. The zero-order valence-corrected chi connectivity index (χ0v) is 11.4. The highest BCUT2D eigenvalue weighted by atomic mass is 16.5. The van der Waals surface area contributed by atoms with Gasteiger partial charge in [-0.1, -0.05) is 6.07 Å². The number of likely N-dealkylation sites (N-methyl/N-ethyl adjacent to an activating group) is 2. The Bertz CT molecular complexity index is 488. The van der Waals surface area contributed by atoms with Crippen molar-refractivity contribution in [2.45, 2.75) is 13.0 Å². The van der Waals surface area contributed by atoms with Crippen LogP contribution in [0.3, 0.4) is 0 Å². The van der Waals surface area contributed by atoms with Gasteiger partial charge in [0.15, 0.2) is 6.04 Å². The number of carboxylic acids is 1. The van der Waals surface area contributed by atoms with Gasteiger partial charge in [0.1, 0.15) is 5.75 Å². The molecule has 1 unspecified atom stereocenters. The van der Waals surface area contributed by atoms with E-state index in [-0.39, 0.29) is 0 Å². The molecule has 0 radical (unpaired) electrons. The third-order valence-electron chi connectivity index (χ3n) is 2.81. The van der Waals surface area contributed by atoms with Crippen LogP contribution in [-0.4, -0.2) is 44.2 Å². The summed E-state index contributed by atoms with van der Waals surface area (Å²) < 4.78 is 5.18. The number of benzene rings is 1. The van der Waals surface area contributed by atoms with Crippen LogP contribution in [0, 0.1) is 6.92 Å². The fourth-order valence-corrected chi connectivity index (χ4v) is 1.73. The molecule has 6 heteroatoms. The summed E-state index contributed by atoms with van der Waals surface area (Å²) in [6.45, 7) is 1.88. The molecule has 0 fully saturated rings. The summed E-state index contributed by atoms with van der Waals surface area (Å²) in [5, 5.41) is 11.5.